The number of nitrogens with zero attached hydrogens (tertiary/aromatic N) is 2. The van der Waals surface area contributed by atoms with Gasteiger partial charge in [-0.1, -0.05) is 0 Å². The second-order valence-electron chi connectivity index (χ2n) is 4.01. The van der Waals surface area contributed by atoms with Crippen molar-refractivity contribution in [3.05, 3.63) is 17.3 Å². The number of hydrogen-bond donors (Lipinski definition) is 0. The first-order valence-electron chi connectivity index (χ1n) is 5.10. The summed E-state index contributed by atoms with van der Waals surface area (Å²) < 4.78 is 10.8. The summed E-state index contributed by atoms with van der Waals surface area (Å²) in [6, 6.07) is 0.605. The van der Waals surface area contributed by atoms with E-state index in [1.54, 1.807) is 0 Å². The van der Waals surface area contributed by atoms with E-state index in [1.165, 1.54) is 0 Å². The maximum Gasteiger partial charge on any atom is 0.191 e. The molecular formula is C10H14N2O2. The maximum absolute atomic E-state index is 5.56. The lowest BCUT2D eigenvalue weighted by molar-refractivity contribution is -0.0715. The van der Waals surface area contributed by atoms with Crippen molar-refractivity contribution < 1.29 is 9.15 Å². The Hall–Kier alpha value is -0.870. The highest BCUT2D eigenvalue weighted by molar-refractivity contribution is 5.13. The van der Waals surface area contributed by atoms with Gasteiger partial charge in [-0.15, -0.1) is 0 Å². The first-order valence-corrected chi connectivity index (χ1v) is 5.10. The standard InChI is InChI=1S/C10H14N2O2/c1-7-11-9-2-3-12(4-10(9)14-7)8-5-13-6-8/h8H,2-6H2,1H3. The van der Waals surface area contributed by atoms with Crippen LogP contribution in [0.25, 0.3) is 0 Å². The Labute approximate surface area is 82.9 Å². The van der Waals surface area contributed by atoms with Gasteiger partial charge in [0.1, 0.15) is 5.76 Å². The molecule has 1 fully saturated rings. The number of hydrogen-bond acceptors (Lipinski definition) is 4. The van der Waals surface area contributed by atoms with Gasteiger partial charge in [0.15, 0.2) is 5.89 Å². The second-order valence-corrected chi connectivity index (χ2v) is 4.01. The highest BCUT2D eigenvalue weighted by Crippen LogP contribution is 2.23. The Kier molecular flexibility index (Phi) is 1.85. The molecular weight excluding hydrogens is 180 g/mol. The van der Waals surface area contributed by atoms with Crippen molar-refractivity contribution in [1.29, 1.82) is 0 Å². The average molecular weight is 194 g/mol. The summed E-state index contributed by atoms with van der Waals surface area (Å²) in [5.41, 5.74) is 1.15. The highest BCUT2D eigenvalue weighted by Gasteiger charge is 2.30. The highest BCUT2D eigenvalue weighted by atomic mass is 16.5. The van der Waals surface area contributed by atoms with Crippen LogP contribution in [-0.4, -0.2) is 35.7 Å². The van der Waals surface area contributed by atoms with Crippen molar-refractivity contribution in [3.8, 4) is 0 Å². The molecule has 2 aliphatic rings. The summed E-state index contributed by atoms with van der Waals surface area (Å²) in [5.74, 6) is 1.85. The van der Waals surface area contributed by atoms with Gasteiger partial charge < -0.3 is 9.15 Å². The summed E-state index contributed by atoms with van der Waals surface area (Å²) in [7, 11) is 0. The second kappa shape index (κ2) is 3.07. The van der Waals surface area contributed by atoms with E-state index >= 15 is 0 Å². The van der Waals surface area contributed by atoms with Gasteiger partial charge in [0.25, 0.3) is 0 Å². The summed E-state index contributed by atoms with van der Waals surface area (Å²) in [5, 5.41) is 0. The maximum atomic E-state index is 5.56. The Morgan fingerprint density at radius 3 is 3.00 bits per heavy atom. The Bertz CT molecular complexity index is 344. The van der Waals surface area contributed by atoms with Gasteiger partial charge >= 0.3 is 0 Å². The zero-order chi connectivity index (χ0) is 9.54. The van der Waals surface area contributed by atoms with E-state index < -0.39 is 0 Å². The predicted molar refractivity (Wildman–Crippen MR) is 50.0 cm³/mol. The molecule has 0 spiro atoms. The van der Waals surface area contributed by atoms with E-state index in [0.717, 1.165) is 50.1 Å². The Morgan fingerprint density at radius 1 is 1.43 bits per heavy atom. The fourth-order valence-electron chi connectivity index (χ4n) is 2.09. The fourth-order valence-corrected chi connectivity index (χ4v) is 2.09. The van der Waals surface area contributed by atoms with Gasteiger partial charge in [-0.05, 0) is 0 Å². The summed E-state index contributed by atoms with van der Waals surface area (Å²) in [4.78, 5) is 6.79. The molecule has 4 nitrogen and oxygen atoms in total. The number of fused-ring (bicyclic) bond motifs is 1. The first-order chi connectivity index (χ1) is 6.83. The van der Waals surface area contributed by atoms with Gasteiger partial charge in [-0.25, -0.2) is 4.98 Å². The third-order valence-electron chi connectivity index (χ3n) is 3.00. The van der Waals surface area contributed by atoms with Gasteiger partial charge in [0, 0.05) is 19.9 Å². The molecule has 0 amide bonds. The minimum absolute atomic E-state index is 0.605. The molecule has 0 unspecified atom stereocenters. The number of rotatable bonds is 1. The molecule has 4 heteroatoms. The predicted octanol–water partition coefficient (Wildman–Crippen LogP) is 0.740. The van der Waals surface area contributed by atoms with Crippen LogP contribution in [0.5, 0.6) is 0 Å². The van der Waals surface area contributed by atoms with Crippen LogP contribution < -0.4 is 0 Å². The zero-order valence-corrected chi connectivity index (χ0v) is 8.32. The van der Waals surface area contributed by atoms with Crippen molar-refractivity contribution in [2.45, 2.75) is 25.9 Å². The molecule has 76 valence electrons. The normalized spacial score (nSPS) is 23.2. The number of aromatic nitrogens is 1. The Morgan fingerprint density at radius 2 is 2.29 bits per heavy atom. The number of oxazole rings is 1. The fraction of sp³-hybridized carbons (Fsp3) is 0.700. The molecule has 1 aromatic rings. The van der Waals surface area contributed by atoms with Crippen LogP contribution in [0.2, 0.25) is 0 Å². The van der Waals surface area contributed by atoms with E-state index in [4.69, 9.17) is 9.15 Å². The van der Waals surface area contributed by atoms with Gasteiger partial charge in [-0.3, -0.25) is 4.90 Å². The third-order valence-corrected chi connectivity index (χ3v) is 3.00. The van der Waals surface area contributed by atoms with Crippen molar-refractivity contribution in [2.75, 3.05) is 19.8 Å². The molecule has 0 N–H and O–H groups in total. The minimum atomic E-state index is 0.605. The first kappa shape index (κ1) is 8.44. The van der Waals surface area contributed by atoms with E-state index in [2.05, 4.69) is 9.88 Å². The van der Waals surface area contributed by atoms with E-state index in [-0.39, 0.29) is 0 Å². The minimum Gasteiger partial charge on any atom is -0.444 e. The van der Waals surface area contributed by atoms with E-state index in [0.29, 0.717) is 6.04 Å². The molecule has 0 saturated carbocycles. The number of ether oxygens (including phenoxy) is 1. The van der Waals surface area contributed by atoms with Crippen LogP contribution >= 0.6 is 0 Å². The van der Waals surface area contributed by atoms with Crippen LogP contribution in [0.4, 0.5) is 0 Å². The molecule has 0 aliphatic carbocycles. The molecule has 1 aromatic heterocycles. The summed E-state index contributed by atoms with van der Waals surface area (Å²) in [6.07, 6.45) is 1.02. The zero-order valence-electron chi connectivity index (χ0n) is 8.32. The summed E-state index contributed by atoms with van der Waals surface area (Å²) >= 11 is 0. The monoisotopic (exact) mass is 194 g/mol. The topological polar surface area (TPSA) is 38.5 Å². The van der Waals surface area contributed by atoms with Crippen LogP contribution in [0.1, 0.15) is 17.3 Å². The Balaban J connectivity index is 1.78. The van der Waals surface area contributed by atoms with Crippen molar-refractivity contribution in [1.82, 2.24) is 9.88 Å². The molecule has 3 heterocycles. The van der Waals surface area contributed by atoms with Crippen molar-refractivity contribution >= 4 is 0 Å². The van der Waals surface area contributed by atoms with E-state index in [1.807, 2.05) is 6.92 Å². The molecule has 14 heavy (non-hydrogen) atoms. The van der Waals surface area contributed by atoms with Crippen LogP contribution in [0.15, 0.2) is 4.42 Å². The molecule has 0 radical (unpaired) electrons. The van der Waals surface area contributed by atoms with Crippen LogP contribution in [0, 0.1) is 6.92 Å². The van der Waals surface area contributed by atoms with Gasteiger partial charge in [-0.2, -0.15) is 0 Å². The SMILES string of the molecule is Cc1nc2c(o1)CN(C1COC1)CC2. The van der Waals surface area contributed by atoms with Gasteiger partial charge in [0.2, 0.25) is 0 Å². The largest absolute Gasteiger partial charge is 0.444 e. The quantitative estimate of drug-likeness (QED) is 0.661. The molecule has 0 atom stereocenters. The lowest BCUT2D eigenvalue weighted by Gasteiger charge is -2.38. The van der Waals surface area contributed by atoms with E-state index in [9.17, 15) is 0 Å². The van der Waals surface area contributed by atoms with Crippen molar-refractivity contribution in [3.63, 3.8) is 0 Å². The van der Waals surface area contributed by atoms with Crippen molar-refractivity contribution in [2.24, 2.45) is 0 Å². The number of aryl methyl sites for hydroxylation is 1. The van der Waals surface area contributed by atoms with Crippen LogP contribution in [0.3, 0.4) is 0 Å². The molecule has 0 aromatic carbocycles. The molecule has 1 saturated heterocycles. The van der Waals surface area contributed by atoms with Gasteiger partial charge in [0.05, 0.1) is 31.5 Å². The lowest BCUT2D eigenvalue weighted by atomic mass is 10.1. The lowest BCUT2D eigenvalue weighted by Crippen LogP contribution is -2.50. The third kappa shape index (κ3) is 1.26. The molecule has 2 aliphatic heterocycles. The molecule has 0 bridgehead atoms. The average Bonchev–Trinajstić information content (AvgIpc) is 2.40. The van der Waals surface area contributed by atoms with Crippen LogP contribution in [-0.2, 0) is 17.7 Å². The smallest absolute Gasteiger partial charge is 0.191 e. The molecule has 3 rings (SSSR count). The summed E-state index contributed by atoms with van der Waals surface area (Å²) in [6.45, 7) is 5.66.